The Morgan fingerprint density at radius 2 is 1.59 bits per heavy atom. The molecule has 3 heteroatoms. The Kier molecular flexibility index (Phi) is 3.39. The summed E-state index contributed by atoms with van der Waals surface area (Å²) >= 11 is 0. The van der Waals surface area contributed by atoms with Crippen molar-refractivity contribution < 1.29 is 4.79 Å². The SMILES string of the molecule is C[C@@H](NC(=O)Nc1ccccc1)C12CC3CC(CC(C3)C1)C2. The molecule has 1 atom stereocenters. The van der Waals surface area contributed by atoms with Gasteiger partial charge in [-0.2, -0.15) is 0 Å². The minimum absolute atomic E-state index is 0.0607. The van der Waals surface area contributed by atoms with E-state index in [0.717, 1.165) is 23.4 Å². The van der Waals surface area contributed by atoms with Crippen LogP contribution < -0.4 is 10.6 Å². The molecule has 0 aliphatic heterocycles. The van der Waals surface area contributed by atoms with Crippen LogP contribution in [0.15, 0.2) is 30.3 Å². The van der Waals surface area contributed by atoms with E-state index in [2.05, 4.69) is 17.6 Å². The van der Waals surface area contributed by atoms with Crippen LogP contribution >= 0.6 is 0 Å². The van der Waals surface area contributed by atoms with Crippen molar-refractivity contribution in [3.05, 3.63) is 30.3 Å². The Bertz CT molecular complexity index is 519. The molecule has 4 aliphatic carbocycles. The topological polar surface area (TPSA) is 41.1 Å². The van der Waals surface area contributed by atoms with Gasteiger partial charge in [0.25, 0.3) is 0 Å². The highest BCUT2D eigenvalue weighted by Crippen LogP contribution is 2.61. The second-order valence-corrected chi connectivity index (χ2v) is 7.97. The number of carbonyl (C=O) groups excluding carboxylic acids is 1. The molecule has 0 heterocycles. The van der Waals surface area contributed by atoms with Crippen LogP contribution in [-0.2, 0) is 0 Å². The standard InChI is InChI=1S/C19H26N2O/c1-13(20-18(22)21-17-5-3-2-4-6-17)19-10-14-7-15(11-19)9-16(8-14)12-19/h2-6,13-16H,7-12H2,1H3,(H2,20,21,22)/t13-,14?,15?,16?,19?/m1/s1. The molecule has 4 saturated carbocycles. The fourth-order valence-corrected chi connectivity index (χ4v) is 5.75. The molecule has 0 radical (unpaired) electrons. The van der Waals surface area contributed by atoms with E-state index in [9.17, 15) is 4.79 Å². The van der Waals surface area contributed by atoms with Crippen molar-refractivity contribution in [1.82, 2.24) is 5.32 Å². The molecule has 2 amide bonds. The summed E-state index contributed by atoms with van der Waals surface area (Å²) in [6.07, 6.45) is 8.32. The van der Waals surface area contributed by atoms with Crippen LogP contribution in [0, 0.1) is 23.2 Å². The zero-order valence-corrected chi connectivity index (χ0v) is 13.3. The van der Waals surface area contributed by atoms with E-state index >= 15 is 0 Å². The average molecular weight is 298 g/mol. The summed E-state index contributed by atoms with van der Waals surface area (Å²) in [7, 11) is 0. The largest absolute Gasteiger partial charge is 0.335 e. The van der Waals surface area contributed by atoms with Crippen molar-refractivity contribution in [2.45, 2.75) is 51.5 Å². The smallest absolute Gasteiger partial charge is 0.319 e. The highest BCUT2D eigenvalue weighted by atomic mass is 16.2. The molecule has 118 valence electrons. The molecule has 3 nitrogen and oxygen atoms in total. The summed E-state index contributed by atoms with van der Waals surface area (Å²) in [6.45, 7) is 2.22. The van der Waals surface area contributed by atoms with Crippen LogP contribution in [0.3, 0.4) is 0 Å². The van der Waals surface area contributed by atoms with Crippen molar-refractivity contribution >= 4 is 11.7 Å². The summed E-state index contributed by atoms with van der Waals surface area (Å²) < 4.78 is 0. The van der Waals surface area contributed by atoms with Gasteiger partial charge in [0.1, 0.15) is 0 Å². The molecular weight excluding hydrogens is 272 g/mol. The van der Waals surface area contributed by atoms with Gasteiger partial charge < -0.3 is 10.6 Å². The highest BCUT2D eigenvalue weighted by molar-refractivity contribution is 5.89. The third-order valence-corrected chi connectivity index (χ3v) is 6.38. The molecule has 0 unspecified atom stereocenters. The molecule has 0 saturated heterocycles. The zero-order valence-electron chi connectivity index (χ0n) is 13.3. The fraction of sp³-hybridized carbons (Fsp3) is 0.632. The molecule has 0 spiro atoms. The fourth-order valence-electron chi connectivity index (χ4n) is 5.75. The van der Waals surface area contributed by atoms with Crippen LogP contribution in [0.25, 0.3) is 0 Å². The van der Waals surface area contributed by atoms with Crippen LogP contribution in [-0.4, -0.2) is 12.1 Å². The molecule has 1 aromatic carbocycles. The number of carbonyl (C=O) groups is 1. The molecule has 2 N–H and O–H groups in total. The summed E-state index contributed by atoms with van der Waals surface area (Å²) in [6, 6.07) is 9.90. The molecule has 1 aromatic rings. The van der Waals surface area contributed by atoms with Crippen molar-refractivity contribution in [2.24, 2.45) is 23.2 Å². The number of para-hydroxylation sites is 1. The first kappa shape index (κ1) is 14.1. The second kappa shape index (κ2) is 5.29. The van der Waals surface area contributed by atoms with Crippen LogP contribution in [0.2, 0.25) is 0 Å². The van der Waals surface area contributed by atoms with Crippen molar-refractivity contribution in [3.63, 3.8) is 0 Å². The third kappa shape index (κ3) is 2.51. The summed E-state index contributed by atoms with van der Waals surface area (Å²) in [5.74, 6) is 2.77. The Labute approximate surface area is 132 Å². The number of urea groups is 1. The van der Waals surface area contributed by atoms with E-state index in [1.807, 2.05) is 30.3 Å². The predicted octanol–water partition coefficient (Wildman–Crippen LogP) is 4.41. The molecule has 4 aliphatic rings. The van der Waals surface area contributed by atoms with Gasteiger partial charge in [-0.05, 0) is 80.8 Å². The number of hydrogen-bond acceptors (Lipinski definition) is 1. The molecule has 4 bridgehead atoms. The van der Waals surface area contributed by atoms with Gasteiger partial charge in [-0.3, -0.25) is 0 Å². The van der Waals surface area contributed by atoms with E-state index in [1.165, 1.54) is 38.5 Å². The molecule has 5 rings (SSSR count). The Balaban J connectivity index is 1.41. The highest BCUT2D eigenvalue weighted by Gasteiger charge is 2.53. The minimum Gasteiger partial charge on any atom is -0.335 e. The maximum atomic E-state index is 12.3. The molecule has 0 aromatic heterocycles. The number of nitrogens with one attached hydrogen (secondary N) is 2. The lowest BCUT2D eigenvalue weighted by Crippen LogP contribution is -2.56. The van der Waals surface area contributed by atoms with Gasteiger partial charge in [0.05, 0.1) is 0 Å². The molecule has 22 heavy (non-hydrogen) atoms. The van der Waals surface area contributed by atoms with Crippen molar-refractivity contribution in [2.75, 3.05) is 5.32 Å². The number of hydrogen-bond donors (Lipinski definition) is 2. The first-order chi connectivity index (χ1) is 10.6. The van der Waals surface area contributed by atoms with E-state index in [-0.39, 0.29) is 12.1 Å². The van der Waals surface area contributed by atoms with Crippen LogP contribution in [0.5, 0.6) is 0 Å². The Hall–Kier alpha value is -1.51. The molecule has 4 fully saturated rings. The van der Waals surface area contributed by atoms with E-state index in [4.69, 9.17) is 0 Å². The monoisotopic (exact) mass is 298 g/mol. The van der Waals surface area contributed by atoms with E-state index in [0.29, 0.717) is 5.41 Å². The van der Waals surface area contributed by atoms with E-state index < -0.39 is 0 Å². The van der Waals surface area contributed by atoms with Gasteiger partial charge in [0.2, 0.25) is 0 Å². The summed E-state index contributed by atoms with van der Waals surface area (Å²) in [4.78, 5) is 12.3. The van der Waals surface area contributed by atoms with Gasteiger partial charge in [-0.1, -0.05) is 18.2 Å². The quantitative estimate of drug-likeness (QED) is 0.852. The summed E-state index contributed by atoms with van der Waals surface area (Å²) in [5, 5.41) is 6.19. The number of anilines is 1. The lowest BCUT2D eigenvalue weighted by molar-refractivity contribution is -0.0679. The maximum absolute atomic E-state index is 12.3. The minimum atomic E-state index is -0.0607. The average Bonchev–Trinajstić information content (AvgIpc) is 2.46. The van der Waals surface area contributed by atoms with Gasteiger partial charge in [-0.25, -0.2) is 4.79 Å². The lowest BCUT2D eigenvalue weighted by Gasteiger charge is -2.59. The normalized spacial score (nSPS) is 36.9. The van der Waals surface area contributed by atoms with Gasteiger partial charge in [0, 0.05) is 11.7 Å². The van der Waals surface area contributed by atoms with Crippen LogP contribution in [0.4, 0.5) is 10.5 Å². The number of rotatable bonds is 3. The lowest BCUT2D eigenvalue weighted by atomic mass is 9.48. The number of benzene rings is 1. The third-order valence-electron chi connectivity index (χ3n) is 6.38. The zero-order chi connectivity index (χ0) is 15.2. The molecular formula is C19H26N2O. The van der Waals surface area contributed by atoms with Gasteiger partial charge in [0.15, 0.2) is 0 Å². The predicted molar refractivity (Wildman–Crippen MR) is 88.7 cm³/mol. The van der Waals surface area contributed by atoms with Gasteiger partial charge in [-0.15, -0.1) is 0 Å². The summed E-state index contributed by atoms with van der Waals surface area (Å²) in [5.41, 5.74) is 1.22. The Morgan fingerprint density at radius 1 is 1.05 bits per heavy atom. The van der Waals surface area contributed by atoms with Crippen molar-refractivity contribution in [1.29, 1.82) is 0 Å². The first-order valence-corrected chi connectivity index (χ1v) is 8.75. The second-order valence-electron chi connectivity index (χ2n) is 7.97. The number of amides is 2. The van der Waals surface area contributed by atoms with E-state index in [1.54, 1.807) is 0 Å². The Morgan fingerprint density at radius 3 is 2.14 bits per heavy atom. The van der Waals surface area contributed by atoms with Crippen molar-refractivity contribution in [3.8, 4) is 0 Å². The van der Waals surface area contributed by atoms with Gasteiger partial charge >= 0.3 is 6.03 Å². The first-order valence-electron chi connectivity index (χ1n) is 8.75. The van der Waals surface area contributed by atoms with Crippen LogP contribution in [0.1, 0.15) is 45.4 Å². The maximum Gasteiger partial charge on any atom is 0.319 e.